The minimum Gasteiger partial charge on any atom is -0.366 e. The molecule has 2 rings (SSSR count). The molecule has 1 aromatic rings. The lowest BCUT2D eigenvalue weighted by molar-refractivity contribution is 0.690. The summed E-state index contributed by atoms with van der Waals surface area (Å²) in [5.41, 5.74) is 0. The molecule has 0 spiro atoms. The molecule has 0 saturated heterocycles. The molecule has 0 aliphatic heterocycles. The molecule has 1 heterocycles. The standard InChI is InChI=1S/C10H12Br2N2/c1-6(7-2-3-7)14-10-9(12)4-8(11)5-13-10/h4-7H,2-3H2,1H3,(H,13,14). The average Bonchev–Trinajstić information content (AvgIpc) is 2.92. The maximum Gasteiger partial charge on any atom is 0.140 e. The normalized spacial score (nSPS) is 17.9. The van der Waals surface area contributed by atoms with E-state index in [-0.39, 0.29) is 0 Å². The third-order valence-corrected chi connectivity index (χ3v) is 3.54. The highest BCUT2D eigenvalue weighted by Crippen LogP contribution is 2.34. The van der Waals surface area contributed by atoms with Crippen molar-refractivity contribution in [2.75, 3.05) is 5.32 Å². The van der Waals surface area contributed by atoms with Gasteiger partial charge in [-0.2, -0.15) is 0 Å². The Morgan fingerprint density at radius 1 is 1.50 bits per heavy atom. The predicted molar refractivity (Wildman–Crippen MR) is 65.4 cm³/mol. The van der Waals surface area contributed by atoms with Crippen molar-refractivity contribution in [1.82, 2.24) is 4.98 Å². The maximum atomic E-state index is 4.32. The van der Waals surface area contributed by atoms with Crippen LogP contribution in [0, 0.1) is 5.92 Å². The van der Waals surface area contributed by atoms with Gasteiger partial charge in [0.2, 0.25) is 0 Å². The first kappa shape index (κ1) is 10.4. The minimum absolute atomic E-state index is 0.528. The maximum absolute atomic E-state index is 4.32. The minimum atomic E-state index is 0.528. The molecule has 0 aromatic carbocycles. The van der Waals surface area contributed by atoms with E-state index in [1.807, 2.05) is 12.3 Å². The summed E-state index contributed by atoms with van der Waals surface area (Å²) >= 11 is 6.87. The van der Waals surface area contributed by atoms with Crippen LogP contribution in [0.25, 0.3) is 0 Å². The van der Waals surface area contributed by atoms with Crippen molar-refractivity contribution >= 4 is 37.7 Å². The summed E-state index contributed by atoms with van der Waals surface area (Å²) in [7, 11) is 0. The zero-order valence-electron chi connectivity index (χ0n) is 7.93. The van der Waals surface area contributed by atoms with Crippen LogP contribution in [0.5, 0.6) is 0 Å². The molecule has 0 amide bonds. The van der Waals surface area contributed by atoms with E-state index < -0.39 is 0 Å². The first-order valence-electron chi connectivity index (χ1n) is 4.74. The molecule has 4 heteroatoms. The Kier molecular flexibility index (Phi) is 3.12. The van der Waals surface area contributed by atoms with E-state index in [2.05, 4.69) is 49.1 Å². The van der Waals surface area contributed by atoms with Gasteiger partial charge in [-0.1, -0.05) is 0 Å². The molecule has 0 bridgehead atoms. The number of hydrogen-bond donors (Lipinski definition) is 1. The third-order valence-electron chi connectivity index (χ3n) is 2.50. The van der Waals surface area contributed by atoms with E-state index in [9.17, 15) is 0 Å². The Labute approximate surface area is 101 Å². The van der Waals surface area contributed by atoms with Crippen molar-refractivity contribution in [3.8, 4) is 0 Å². The second kappa shape index (κ2) is 4.19. The van der Waals surface area contributed by atoms with E-state index in [1.54, 1.807) is 0 Å². The van der Waals surface area contributed by atoms with Crippen molar-refractivity contribution in [2.45, 2.75) is 25.8 Å². The van der Waals surface area contributed by atoms with E-state index in [0.717, 1.165) is 20.7 Å². The predicted octanol–water partition coefficient (Wildman–Crippen LogP) is 3.82. The lowest BCUT2D eigenvalue weighted by atomic mass is 10.2. The quantitative estimate of drug-likeness (QED) is 0.916. The molecular formula is C10H12Br2N2. The van der Waals surface area contributed by atoms with Crippen LogP contribution in [-0.2, 0) is 0 Å². The van der Waals surface area contributed by atoms with Crippen LogP contribution < -0.4 is 5.32 Å². The molecule has 1 fully saturated rings. The highest BCUT2D eigenvalue weighted by Gasteiger charge is 2.28. The second-order valence-electron chi connectivity index (χ2n) is 3.75. The molecule has 2 nitrogen and oxygen atoms in total. The lowest BCUT2D eigenvalue weighted by Crippen LogP contribution is -2.18. The van der Waals surface area contributed by atoms with Crippen molar-refractivity contribution in [2.24, 2.45) is 5.92 Å². The summed E-state index contributed by atoms with van der Waals surface area (Å²) in [6.45, 7) is 2.22. The first-order chi connectivity index (χ1) is 6.66. The Morgan fingerprint density at radius 3 is 2.79 bits per heavy atom. The summed E-state index contributed by atoms with van der Waals surface area (Å²) in [4.78, 5) is 4.32. The number of hydrogen-bond acceptors (Lipinski definition) is 2. The van der Waals surface area contributed by atoms with E-state index in [0.29, 0.717) is 6.04 Å². The molecule has 1 aliphatic rings. The zero-order chi connectivity index (χ0) is 10.1. The van der Waals surface area contributed by atoms with Gasteiger partial charge < -0.3 is 5.32 Å². The summed E-state index contributed by atoms with van der Waals surface area (Å²) in [5, 5.41) is 3.42. The van der Waals surface area contributed by atoms with Crippen molar-refractivity contribution in [1.29, 1.82) is 0 Å². The van der Waals surface area contributed by atoms with E-state index in [1.165, 1.54) is 12.8 Å². The van der Waals surface area contributed by atoms with E-state index >= 15 is 0 Å². The van der Waals surface area contributed by atoms with Gasteiger partial charge in [-0.15, -0.1) is 0 Å². The Morgan fingerprint density at radius 2 is 2.21 bits per heavy atom. The van der Waals surface area contributed by atoms with Gasteiger partial charge in [0.05, 0.1) is 4.47 Å². The van der Waals surface area contributed by atoms with Crippen molar-refractivity contribution < 1.29 is 0 Å². The monoisotopic (exact) mass is 318 g/mol. The summed E-state index contributed by atoms with van der Waals surface area (Å²) in [6, 6.07) is 2.54. The van der Waals surface area contributed by atoms with Gasteiger partial charge >= 0.3 is 0 Å². The molecule has 76 valence electrons. The number of halogens is 2. The molecule has 1 saturated carbocycles. The van der Waals surface area contributed by atoms with Gasteiger partial charge in [0, 0.05) is 16.7 Å². The molecule has 1 atom stereocenters. The highest BCUT2D eigenvalue weighted by atomic mass is 79.9. The number of nitrogens with zero attached hydrogens (tertiary/aromatic N) is 1. The van der Waals surface area contributed by atoms with E-state index in [4.69, 9.17) is 0 Å². The fraction of sp³-hybridized carbons (Fsp3) is 0.500. The van der Waals surface area contributed by atoms with Crippen molar-refractivity contribution in [3.05, 3.63) is 21.2 Å². The van der Waals surface area contributed by atoms with Crippen LogP contribution in [0.4, 0.5) is 5.82 Å². The molecule has 1 aliphatic carbocycles. The SMILES string of the molecule is CC(Nc1ncc(Br)cc1Br)C1CC1. The van der Waals surface area contributed by atoms with Crippen LogP contribution in [0.1, 0.15) is 19.8 Å². The number of aromatic nitrogens is 1. The number of anilines is 1. The summed E-state index contributed by atoms with van der Waals surface area (Å²) < 4.78 is 2.01. The van der Waals surface area contributed by atoms with Gasteiger partial charge in [0.25, 0.3) is 0 Å². The molecule has 14 heavy (non-hydrogen) atoms. The molecule has 1 unspecified atom stereocenters. The van der Waals surface area contributed by atoms with Gasteiger partial charge in [-0.05, 0) is 63.6 Å². The number of rotatable bonds is 3. The van der Waals surface area contributed by atoms with Gasteiger partial charge in [0.15, 0.2) is 0 Å². The fourth-order valence-corrected chi connectivity index (χ4v) is 2.55. The largest absolute Gasteiger partial charge is 0.366 e. The van der Waals surface area contributed by atoms with Crippen LogP contribution in [0.3, 0.4) is 0 Å². The van der Waals surface area contributed by atoms with Crippen LogP contribution in [0.15, 0.2) is 21.2 Å². The number of pyridine rings is 1. The Hall–Kier alpha value is -0.0900. The topological polar surface area (TPSA) is 24.9 Å². The zero-order valence-corrected chi connectivity index (χ0v) is 11.1. The smallest absolute Gasteiger partial charge is 0.140 e. The second-order valence-corrected chi connectivity index (χ2v) is 5.52. The Balaban J connectivity index is 2.07. The van der Waals surface area contributed by atoms with Gasteiger partial charge in [-0.3, -0.25) is 0 Å². The molecule has 0 radical (unpaired) electrons. The highest BCUT2D eigenvalue weighted by molar-refractivity contribution is 9.11. The summed E-state index contributed by atoms with van der Waals surface area (Å²) in [6.07, 6.45) is 4.51. The molecule has 1 aromatic heterocycles. The molecular weight excluding hydrogens is 308 g/mol. The van der Waals surface area contributed by atoms with Crippen molar-refractivity contribution in [3.63, 3.8) is 0 Å². The molecule has 1 N–H and O–H groups in total. The lowest BCUT2D eigenvalue weighted by Gasteiger charge is -2.14. The van der Waals surface area contributed by atoms with Crippen LogP contribution in [0.2, 0.25) is 0 Å². The Bertz CT molecular complexity index is 337. The van der Waals surface area contributed by atoms with Gasteiger partial charge in [-0.25, -0.2) is 4.98 Å². The van der Waals surface area contributed by atoms with Crippen LogP contribution >= 0.6 is 31.9 Å². The summed E-state index contributed by atoms with van der Waals surface area (Å²) in [5.74, 6) is 1.78. The first-order valence-corrected chi connectivity index (χ1v) is 6.33. The van der Waals surface area contributed by atoms with Crippen LogP contribution in [-0.4, -0.2) is 11.0 Å². The number of nitrogens with one attached hydrogen (secondary N) is 1. The van der Waals surface area contributed by atoms with Gasteiger partial charge in [0.1, 0.15) is 5.82 Å². The average molecular weight is 320 g/mol. The third kappa shape index (κ3) is 2.48. The fourth-order valence-electron chi connectivity index (χ4n) is 1.45.